The Balaban J connectivity index is 2.58. The van der Waals surface area contributed by atoms with Crippen molar-refractivity contribution in [1.29, 1.82) is 0 Å². The molecule has 1 aliphatic rings. The SMILES string of the molecule is C[SiH](C)C1=[C]CC=C1. The Hall–Kier alpha value is -0.303. The van der Waals surface area contributed by atoms with Gasteiger partial charge in [0.25, 0.3) is 0 Å². The fourth-order valence-corrected chi connectivity index (χ4v) is 1.87. The summed E-state index contributed by atoms with van der Waals surface area (Å²) in [4.78, 5) is 0. The minimum Gasteiger partial charge on any atom is -0.0802 e. The molecule has 0 N–H and O–H groups in total. The summed E-state index contributed by atoms with van der Waals surface area (Å²) in [6, 6.07) is 0. The zero-order chi connectivity index (χ0) is 5.98. The molecule has 0 saturated carbocycles. The number of hydrogen-bond donors (Lipinski definition) is 0. The van der Waals surface area contributed by atoms with Crippen LogP contribution >= 0.6 is 0 Å². The van der Waals surface area contributed by atoms with Gasteiger partial charge in [-0.25, -0.2) is 0 Å². The lowest BCUT2D eigenvalue weighted by atomic mass is 10.5. The summed E-state index contributed by atoms with van der Waals surface area (Å²) in [5, 5.41) is 1.50. The van der Waals surface area contributed by atoms with Crippen molar-refractivity contribution in [2.24, 2.45) is 0 Å². The lowest BCUT2D eigenvalue weighted by Crippen LogP contribution is -2.01. The summed E-state index contributed by atoms with van der Waals surface area (Å²) >= 11 is 0. The van der Waals surface area contributed by atoms with E-state index in [2.05, 4.69) is 31.3 Å². The van der Waals surface area contributed by atoms with E-state index < -0.39 is 8.80 Å². The van der Waals surface area contributed by atoms with E-state index in [1.807, 2.05) is 0 Å². The van der Waals surface area contributed by atoms with Gasteiger partial charge in [0, 0.05) is 0 Å². The first-order valence-corrected chi connectivity index (χ1v) is 5.96. The zero-order valence-electron chi connectivity index (χ0n) is 5.44. The van der Waals surface area contributed by atoms with Crippen molar-refractivity contribution in [3.05, 3.63) is 23.4 Å². The van der Waals surface area contributed by atoms with Gasteiger partial charge >= 0.3 is 0 Å². The second-order valence-electron chi connectivity index (χ2n) is 2.39. The molecular weight excluding hydrogens is 112 g/mol. The second kappa shape index (κ2) is 2.31. The van der Waals surface area contributed by atoms with Crippen LogP contribution in [0, 0.1) is 6.08 Å². The molecule has 0 aromatic rings. The van der Waals surface area contributed by atoms with Crippen LogP contribution in [0.15, 0.2) is 17.3 Å². The van der Waals surface area contributed by atoms with Crippen LogP contribution in [0.5, 0.6) is 0 Å². The van der Waals surface area contributed by atoms with E-state index in [0.29, 0.717) is 0 Å². The predicted molar refractivity (Wildman–Crippen MR) is 39.4 cm³/mol. The van der Waals surface area contributed by atoms with Gasteiger partial charge in [-0.1, -0.05) is 30.4 Å². The van der Waals surface area contributed by atoms with Crippen molar-refractivity contribution in [1.82, 2.24) is 0 Å². The molecule has 0 saturated heterocycles. The lowest BCUT2D eigenvalue weighted by molar-refractivity contribution is 1.39. The fourth-order valence-electron chi connectivity index (χ4n) is 0.818. The van der Waals surface area contributed by atoms with Gasteiger partial charge in [0.1, 0.15) is 0 Å². The summed E-state index contributed by atoms with van der Waals surface area (Å²) in [5.41, 5.74) is 0. The molecule has 0 spiro atoms. The Morgan fingerprint density at radius 2 is 2.38 bits per heavy atom. The molecule has 0 atom stereocenters. The molecular formula is C7H11Si. The van der Waals surface area contributed by atoms with E-state index in [4.69, 9.17) is 0 Å². The molecule has 0 amide bonds. The standard InChI is InChI=1S/C7H11Si/c1-8(2)7-5-3-4-6-7/h3,5,8H,4H2,1-2H3. The van der Waals surface area contributed by atoms with Crippen molar-refractivity contribution >= 4 is 8.80 Å². The topological polar surface area (TPSA) is 0 Å². The molecule has 0 aromatic carbocycles. The maximum atomic E-state index is 3.32. The average molecular weight is 123 g/mol. The Bertz CT molecular complexity index is 131. The van der Waals surface area contributed by atoms with Gasteiger partial charge in [-0.15, -0.1) is 0 Å². The largest absolute Gasteiger partial charge is 0.0802 e. The molecule has 0 aliphatic heterocycles. The molecule has 0 bridgehead atoms. The maximum Gasteiger partial charge on any atom is 0.0651 e. The Morgan fingerprint density at radius 1 is 1.62 bits per heavy atom. The normalized spacial score (nSPS) is 17.6. The molecule has 8 heavy (non-hydrogen) atoms. The Kier molecular flexibility index (Phi) is 1.68. The summed E-state index contributed by atoms with van der Waals surface area (Å²) in [6.45, 7) is 4.66. The minimum absolute atomic E-state index is 0.504. The third kappa shape index (κ3) is 1.10. The molecule has 1 rings (SSSR count). The van der Waals surface area contributed by atoms with Gasteiger partial charge in [0.15, 0.2) is 0 Å². The van der Waals surface area contributed by atoms with Crippen molar-refractivity contribution in [2.75, 3.05) is 0 Å². The quantitative estimate of drug-likeness (QED) is 0.466. The summed E-state index contributed by atoms with van der Waals surface area (Å²) in [7, 11) is -0.504. The predicted octanol–water partition coefficient (Wildman–Crippen LogP) is 1.70. The van der Waals surface area contributed by atoms with Crippen molar-refractivity contribution in [3.8, 4) is 0 Å². The van der Waals surface area contributed by atoms with Gasteiger partial charge in [-0.05, 0) is 12.5 Å². The lowest BCUT2D eigenvalue weighted by Gasteiger charge is -1.97. The highest BCUT2D eigenvalue weighted by Gasteiger charge is 2.02. The highest BCUT2D eigenvalue weighted by atomic mass is 28.3. The van der Waals surface area contributed by atoms with E-state index in [1.165, 1.54) is 5.20 Å². The Morgan fingerprint density at radius 3 is 2.62 bits per heavy atom. The maximum absolute atomic E-state index is 3.32. The molecule has 43 valence electrons. The number of hydrogen-bond acceptors (Lipinski definition) is 0. The monoisotopic (exact) mass is 123 g/mol. The van der Waals surface area contributed by atoms with Crippen molar-refractivity contribution in [2.45, 2.75) is 19.5 Å². The van der Waals surface area contributed by atoms with Gasteiger partial charge in [-0.2, -0.15) is 0 Å². The third-order valence-corrected chi connectivity index (χ3v) is 2.98. The molecule has 0 fully saturated rings. The minimum atomic E-state index is -0.504. The smallest absolute Gasteiger partial charge is 0.0651 e. The first-order chi connectivity index (χ1) is 3.80. The molecule has 0 aromatic heterocycles. The average Bonchev–Trinajstić information content (AvgIpc) is 2.12. The first kappa shape index (κ1) is 5.83. The summed E-state index contributed by atoms with van der Waals surface area (Å²) in [6.07, 6.45) is 8.78. The first-order valence-electron chi connectivity index (χ1n) is 3.08. The highest BCUT2D eigenvalue weighted by Crippen LogP contribution is 2.10. The molecule has 0 heterocycles. The van der Waals surface area contributed by atoms with Gasteiger partial charge in [0.05, 0.1) is 8.80 Å². The third-order valence-electron chi connectivity index (χ3n) is 1.34. The van der Waals surface area contributed by atoms with Crippen LogP contribution < -0.4 is 0 Å². The van der Waals surface area contributed by atoms with Crippen LogP contribution in [0.3, 0.4) is 0 Å². The van der Waals surface area contributed by atoms with Crippen molar-refractivity contribution in [3.63, 3.8) is 0 Å². The van der Waals surface area contributed by atoms with E-state index in [-0.39, 0.29) is 0 Å². The van der Waals surface area contributed by atoms with E-state index in [9.17, 15) is 0 Å². The van der Waals surface area contributed by atoms with E-state index >= 15 is 0 Å². The van der Waals surface area contributed by atoms with Crippen LogP contribution in [0.1, 0.15) is 6.42 Å². The number of allylic oxidation sites excluding steroid dienone is 4. The molecule has 0 nitrogen and oxygen atoms in total. The summed E-state index contributed by atoms with van der Waals surface area (Å²) < 4.78 is 0. The van der Waals surface area contributed by atoms with Crippen LogP contribution in [0.25, 0.3) is 0 Å². The summed E-state index contributed by atoms with van der Waals surface area (Å²) in [5.74, 6) is 0. The fraction of sp³-hybridized carbons (Fsp3) is 0.429. The Labute approximate surface area is 52.5 Å². The van der Waals surface area contributed by atoms with Crippen molar-refractivity contribution < 1.29 is 0 Å². The van der Waals surface area contributed by atoms with Gasteiger partial charge < -0.3 is 0 Å². The van der Waals surface area contributed by atoms with Crippen LogP contribution in [0.4, 0.5) is 0 Å². The molecule has 0 unspecified atom stereocenters. The molecule has 1 heteroatoms. The van der Waals surface area contributed by atoms with E-state index in [1.54, 1.807) is 0 Å². The van der Waals surface area contributed by atoms with E-state index in [0.717, 1.165) is 6.42 Å². The zero-order valence-corrected chi connectivity index (χ0v) is 6.59. The van der Waals surface area contributed by atoms with Crippen LogP contribution in [-0.2, 0) is 0 Å². The number of rotatable bonds is 1. The van der Waals surface area contributed by atoms with Crippen LogP contribution in [0.2, 0.25) is 13.1 Å². The molecule has 1 radical (unpaired) electrons. The highest BCUT2D eigenvalue weighted by molar-refractivity contribution is 6.64. The van der Waals surface area contributed by atoms with Gasteiger partial charge in [-0.3, -0.25) is 0 Å². The molecule has 1 aliphatic carbocycles. The van der Waals surface area contributed by atoms with Crippen LogP contribution in [-0.4, -0.2) is 8.80 Å². The second-order valence-corrected chi connectivity index (χ2v) is 5.32. The van der Waals surface area contributed by atoms with Gasteiger partial charge in [0.2, 0.25) is 0 Å².